The first-order valence-electron chi connectivity index (χ1n) is 8.85. The maximum absolute atomic E-state index is 12.8. The normalized spacial score (nSPS) is 18.2. The van der Waals surface area contributed by atoms with Gasteiger partial charge in [-0.25, -0.2) is 13.4 Å². The van der Waals surface area contributed by atoms with Crippen molar-refractivity contribution < 1.29 is 13.2 Å². The van der Waals surface area contributed by atoms with Crippen LogP contribution < -0.4 is 5.32 Å². The van der Waals surface area contributed by atoms with E-state index in [1.165, 1.54) is 23.9 Å². The molecule has 1 N–H and O–H groups in total. The zero-order valence-electron chi connectivity index (χ0n) is 15.4. The second-order valence-electron chi connectivity index (χ2n) is 6.53. The molecular weight excluding hydrogens is 382 g/mol. The first-order valence-corrected chi connectivity index (χ1v) is 11.5. The van der Waals surface area contributed by atoms with Crippen LogP contribution in [0.1, 0.15) is 36.5 Å². The van der Waals surface area contributed by atoms with Crippen LogP contribution in [0.2, 0.25) is 0 Å². The largest absolute Gasteiger partial charge is 0.321 e. The molecule has 1 saturated heterocycles. The van der Waals surface area contributed by atoms with E-state index in [2.05, 4.69) is 10.3 Å². The van der Waals surface area contributed by atoms with Crippen LogP contribution in [0.3, 0.4) is 0 Å². The fourth-order valence-electron chi connectivity index (χ4n) is 3.12. The number of nitrogens with one attached hydrogen (secondary N) is 1. The van der Waals surface area contributed by atoms with Crippen LogP contribution in [-0.2, 0) is 10.0 Å². The van der Waals surface area contributed by atoms with Crippen molar-refractivity contribution in [3.63, 3.8) is 0 Å². The molecule has 3 rings (SSSR count). The molecule has 1 atom stereocenters. The smallest absolute Gasteiger partial charge is 0.255 e. The molecular formula is C19H23N3O3S2. The Morgan fingerprint density at radius 1 is 1.19 bits per heavy atom. The molecule has 0 saturated carbocycles. The van der Waals surface area contributed by atoms with Crippen molar-refractivity contribution in [1.29, 1.82) is 0 Å². The van der Waals surface area contributed by atoms with Gasteiger partial charge in [-0.1, -0.05) is 6.42 Å². The minimum atomic E-state index is -3.53. The molecule has 0 spiro atoms. The molecule has 1 unspecified atom stereocenters. The van der Waals surface area contributed by atoms with Gasteiger partial charge in [-0.3, -0.25) is 4.79 Å². The van der Waals surface area contributed by atoms with Gasteiger partial charge in [0.1, 0.15) is 0 Å². The molecule has 144 valence electrons. The highest BCUT2D eigenvalue weighted by Crippen LogP contribution is 2.25. The van der Waals surface area contributed by atoms with Crippen LogP contribution in [0.15, 0.2) is 52.5 Å². The van der Waals surface area contributed by atoms with Crippen molar-refractivity contribution >= 4 is 33.4 Å². The number of benzene rings is 1. The van der Waals surface area contributed by atoms with Gasteiger partial charge in [0, 0.05) is 18.2 Å². The highest BCUT2D eigenvalue weighted by molar-refractivity contribution is 7.98. The molecule has 0 aliphatic carbocycles. The summed E-state index contributed by atoms with van der Waals surface area (Å²) in [6.07, 6.45) is 6.34. The van der Waals surface area contributed by atoms with Gasteiger partial charge in [0.05, 0.1) is 21.8 Å². The monoisotopic (exact) mass is 405 g/mol. The molecule has 2 aromatic rings. The zero-order chi connectivity index (χ0) is 19.4. The number of amides is 1. The van der Waals surface area contributed by atoms with Gasteiger partial charge in [0.15, 0.2) is 0 Å². The Hall–Kier alpha value is -1.90. The Bertz CT molecular complexity index is 897. The second kappa shape index (κ2) is 8.41. The Morgan fingerprint density at radius 3 is 2.52 bits per heavy atom. The van der Waals surface area contributed by atoms with Crippen LogP contribution >= 0.6 is 11.8 Å². The standard InChI is InChI=1S/C19H23N3O3S2/c1-14-5-3-4-12-22(14)27(24,25)17-9-6-15(7-10-17)19(23)21-16-8-11-18(26-2)20-13-16/h6-11,13-14H,3-5,12H2,1-2H3,(H,21,23). The highest BCUT2D eigenvalue weighted by Gasteiger charge is 2.30. The summed E-state index contributed by atoms with van der Waals surface area (Å²) < 4.78 is 27.3. The van der Waals surface area contributed by atoms with E-state index in [0.29, 0.717) is 17.8 Å². The van der Waals surface area contributed by atoms with Crippen molar-refractivity contribution in [3.8, 4) is 0 Å². The van der Waals surface area contributed by atoms with E-state index in [1.807, 2.05) is 19.2 Å². The molecule has 2 heterocycles. The Balaban J connectivity index is 1.73. The molecule has 1 fully saturated rings. The van der Waals surface area contributed by atoms with E-state index >= 15 is 0 Å². The first kappa shape index (κ1) is 19.9. The molecule has 6 nitrogen and oxygen atoms in total. The fraction of sp³-hybridized carbons (Fsp3) is 0.368. The number of rotatable bonds is 5. The van der Waals surface area contributed by atoms with Gasteiger partial charge < -0.3 is 5.32 Å². The SMILES string of the molecule is CSc1ccc(NC(=O)c2ccc(S(=O)(=O)N3CCCCC3C)cc2)cn1. The number of aromatic nitrogens is 1. The van der Waals surface area contributed by atoms with Gasteiger partial charge in [-0.15, -0.1) is 11.8 Å². The van der Waals surface area contributed by atoms with Crippen molar-refractivity contribution in [1.82, 2.24) is 9.29 Å². The summed E-state index contributed by atoms with van der Waals surface area (Å²) in [4.78, 5) is 16.8. The second-order valence-corrected chi connectivity index (χ2v) is 9.25. The predicted octanol–water partition coefficient (Wildman–Crippen LogP) is 3.62. The van der Waals surface area contributed by atoms with Crippen molar-refractivity contribution in [3.05, 3.63) is 48.2 Å². The molecule has 0 radical (unpaired) electrons. The lowest BCUT2D eigenvalue weighted by Crippen LogP contribution is -2.41. The fourth-order valence-corrected chi connectivity index (χ4v) is 5.18. The highest BCUT2D eigenvalue weighted by atomic mass is 32.2. The molecule has 1 aromatic carbocycles. The average Bonchev–Trinajstić information content (AvgIpc) is 2.69. The van der Waals surface area contributed by atoms with Crippen molar-refractivity contribution in [2.45, 2.75) is 42.1 Å². The number of hydrogen-bond donors (Lipinski definition) is 1. The molecule has 1 amide bonds. The van der Waals surface area contributed by atoms with Crippen LogP contribution in [0.4, 0.5) is 5.69 Å². The van der Waals surface area contributed by atoms with Gasteiger partial charge in [-0.05, 0) is 62.4 Å². The number of thioether (sulfide) groups is 1. The summed E-state index contributed by atoms with van der Waals surface area (Å²) in [5.74, 6) is -0.302. The minimum Gasteiger partial charge on any atom is -0.321 e. The number of carbonyl (C=O) groups excluding carboxylic acids is 1. The maximum atomic E-state index is 12.8. The quantitative estimate of drug-likeness (QED) is 0.769. The van der Waals surface area contributed by atoms with Gasteiger partial charge in [0.25, 0.3) is 5.91 Å². The van der Waals surface area contributed by atoms with E-state index in [9.17, 15) is 13.2 Å². The number of nitrogens with zero attached hydrogens (tertiary/aromatic N) is 2. The third kappa shape index (κ3) is 4.51. The first-order chi connectivity index (χ1) is 12.9. The summed E-state index contributed by atoms with van der Waals surface area (Å²) in [6.45, 7) is 2.49. The van der Waals surface area contributed by atoms with Crippen LogP contribution in [0.25, 0.3) is 0 Å². The maximum Gasteiger partial charge on any atom is 0.255 e. The Kier molecular flexibility index (Phi) is 6.18. The Morgan fingerprint density at radius 2 is 1.93 bits per heavy atom. The van der Waals surface area contributed by atoms with Crippen molar-refractivity contribution in [2.24, 2.45) is 0 Å². The van der Waals surface area contributed by atoms with Crippen LogP contribution in [0.5, 0.6) is 0 Å². The minimum absolute atomic E-state index is 0.00322. The molecule has 0 bridgehead atoms. The number of anilines is 1. The lowest BCUT2D eigenvalue weighted by atomic mass is 10.1. The van der Waals surface area contributed by atoms with Gasteiger partial charge in [0.2, 0.25) is 10.0 Å². The number of hydrogen-bond acceptors (Lipinski definition) is 5. The van der Waals surface area contributed by atoms with E-state index in [0.717, 1.165) is 24.3 Å². The summed E-state index contributed by atoms with van der Waals surface area (Å²) in [7, 11) is -3.53. The van der Waals surface area contributed by atoms with Crippen LogP contribution in [-0.4, -0.2) is 42.5 Å². The summed E-state index contributed by atoms with van der Waals surface area (Å²) in [6, 6.07) is 9.70. The number of sulfonamides is 1. The van der Waals surface area contributed by atoms with Crippen LogP contribution in [0, 0.1) is 0 Å². The third-order valence-corrected chi connectivity index (χ3v) is 7.36. The topological polar surface area (TPSA) is 79.4 Å². The van der Waals surface area contributed by atoms with Gasteiger partial charge >= 0.3 is 0 Å². The predicted molar refractivity (Wildman–Crippen MR) is 108 cm³/mol. The van der Waals surface area contributed by atoms with E-state index in [4.69, 9.17) is 0 Å². The molecule has 1 aromatic heterocycles. The summed E-state index contributed by atoms with van der Waals surface area (Å²) in [5.41, 5.74) is 0.992. The lowest BCUT2D eigenvalue weighted by Gasteiger charge is -2.32. The number of piperidine rings is 1. The Labute approximate surface area is 164 Å². The summed E-state index contributed by atoms with van der Waals surface area (Å²) >= 11 is 1.52. The molecule has 1 aliphatic heterocycles. The summed E-state index contributed by atoms with van der Waals surface area (Å²) in [5, 5.41) is 3.64. The lowest BCUT2D eigenvalue weighted by molar-refractivity contribution is 0.102. The molecule has 1 aliphatic rings. The number of carbonyl (C=O) groups is 1. The van der Waals surface area contributed by atoms with E-state index in [1.54, 1.807) is 28.7 Å². The molecule has 8 heteroatoms. The number of pyridine rings is 1. The molecule has 27 heavy (non-hydrogen) atoms. The van der Waals surface area contributed by atoms with E-state index in [-0.39, 0.29) is 16.8 Å². The van der Waals surface area contributed by atoms with E-state index < -0.39 is 10.0 Å². The third-order valence-electron chi connectivity index (χ3n) is 4.67. The van der Waals surface area contributed by atoms with Crippen molar-refractivity contribution in [2.75, 3.05) is 18.1 Å². The zero-order valence-corrected chi connectivity index (χ0v) is 17.0. The van der Waals surface area contributed by atoms with Gasteiger partial charge in [-0.2, -0.15) is 4.31 Å². The average molecular weight is 406 g/mol.